The molecule has 126 valence electrons. The maximum absolute atomic E-state index is 12.2. The molecule has 0 heterocycles. The molecule has 1 N–H and O–H groups in total. The zero-order chi connectivity index (χ0) is 17.5. The van der Waals surface area contributed by atoms with Crippen molar-refractivity contribution in [2.75, 3.05) is 33.2 Å². The Kier molecular flexibility index (Phi) is 5.78. The first-order valence-corrected chi connectivity index (χ1v) is 7.37. The van der Waals surface area contributed by atoms with Crippen LogP contribution in [0.5, 0.6) is 11.5 Å². The SMILES string of the molecule is COc1cc(OC)cc(C(=O)NN=Cc2ccc(N(C)C)cc2)c1. The van der Waals surface area contributed by atoms with E-state index in [1.807, 2.05) is 43.3 Å². The van der Waals surface area contributed by atoms with Gasteiger partial charge in [-0.1, -0.05) is 12.1 Å². The van der Waals surface area contributed by atoms with Gasteiger partial charge in [0.15, 0.2) is 0 Å². The van der Waals surface area contributed by atoms with E-state index in [0.717, 1.165) is 11.3 Å². The van der Waals surface area contributed by atoms with Crippen LogP contribution in [0.1, 0.15) is 15.9 Å². The van der Waals surface area contributed by atoms with E-state index in [0.29, 0.717) is 17.1 Å². The largest absolute Gasteiger partial charge is 0.497 e. The highest BCUT2D eigenvalue weighted by Gasteiger charge is 2.09. The van der Waals surface area contributed by atoms with E-state index in [-0.39, 0.29) is 5.91 Å². The molecular formula is C18H21N3O3. The summed E-state index contributed by atoms with van der Waals surface area (Å²) in [4.78, 5) is 14.2. The third-order valence-electron chi connectivity index (χ3n) is 3.40. The lowest BCUT2D eigenvalue weighted by atomic mass is 10.2. The standard InChI is InChI=1S/C18H21N3O3/c1-21(2)15-7-5-13(6-8-15)12-19-20-18(22)14-9-16(23-3)11-17(10-14)24-4/h5-12H,1-4H3,(H,20,22). The number of amides is 1. The predicted octanol–water partition coefficient (Wildman–Crippen LogP) is 2.53. The number of hydrogen-bond donors (Lipinski definition) is 1. The summed E-state index contributed by atoms with van der Waals surface area (Å²) in [6.07, 6.45) is 1.59. The highest BCUT2D eigenvalue weighted by atomic mass is 16.5. The highest BCUT2D eigenvalue weighted by molar-refractivity contribution is 5.95. The van der Waals surface area contributed by atoms with E-state index in [9.17, 15) is 4.79 Å². The Labute approximate surface area is 141 Å². The van der Waals surface area contributed by atoms with Crippen LogP contribution < -0.4 is 19.8 Å². The first-order chi connectivity index (χ1) is 11.5. The van der Waals surface area contributed by atoms with E-state index >= 15 is 0 Å². The molecule has 0 saturated heterocycles. The fraction of sp³-hybridized carbons (Fsp3) is 0.222. The summed E-state index contributed by atoms with van der Waals surface area (Å²) in [6, 6.07) is 12.8. The van der Waals surface area contributed by atoms with Gasteiger partial charge in [-0.3, -0.25) is 4.79 Å². The lowest BCUT2D eigenvalue weighted by Crippen LogP contribution is -2.17. The Hall–Kier alpha value is -3.02. The van der Waals surface area contributed by atoms with E-state index < -0.39 is 0 Å². The zero-order valence-electron chi connectivity index (χ0n) is 14.2. The molecule has 0 radical (unpaired) electrons. The third kappa shape index (κ3) is 4.49. The quantitative estimate of drug-likeness (QED) is 0.654. The van der Waals surface area contributed by atoms with Crippen molar-refractivity contribution in [2.45, 2.75) is 0 Å². The topological polar surface area (TPSA) is 63.2 Å². The molecule has 24 heavy (non-hydrogen) atoms. The molecule has 0 spiro atoms. The average Bonchev–Trinajstić information content (AvgIpc) is 2.61. The van der Waals surface area contributed by atoms with Crippen LogP contribution in [-0.4, -0.2) is 40.4 Å². The van der Waals surface area contributed by atoms with Crippen molar-refractivity contribution in [3.8, 4) is 11.5 Å². The molecule has 0 fully saturated rings. The van der Waals surface area contributed by atoms with Crippen LogP contribution in [0.2, 0.25) is 0 Å². The van der Waals surface area contributed by atoms with Crippen LogP contribution in [0.4, 0.5) is 5.69 Å². The van der Waals surface area contributed by atoms with Crippen molar-refractivity contribution in [3.05, 3.63) is 53.6 Å². The Morgan fingerprint density at radius 2 is 1.62 bits per heavy atom. The molecule has 6 nitrogen and oxygen atoms in total. The molecule has 6 heteroatoms. The molecule has 0 aliphatic carbocycles. The molecular weight excluding hydrogens is 306 g/mol. The first kappa shape index (κ1) is 17.3. The molecule has 2 aromatic carbocycles. The lowest BCUT2D eigenvalue weighted by molar-refractivity contribution is 0.0954. The summed E-state index contributed by atoms with van der Waals surface area (Å²) in [5.74, 6) is 0.749. The maximum atomic E-state index is 12.2. The number of benzene rings is 2. The molecule has 0 aliphatic rings. The number of hydrazone groups is 1. The first-order valence-electron chi connectivity index (χ1n) is 7.37. The van der Waals surface area contributed by atoms with E-state index in [4.69, 9.17) is 9.47 Å². The van der Waals surface area contributed by atoms with Crippen LogP contribution >= 0.6 is 0 Å². The molecule has 0 saturated carbocycles. The minimum atomic E-state index is -0.339. The summed E-state index contributed by atoms with van der Waals surface area (Å²) in [5, 5.41) is 3.98. The summed E-state index contributed by atoms with van der Waals surface area (Å²) in [6.45, 7) is 0. The van der Waals surface area contributed by atoms with Gasteiger partial charge in [-0.05, 0) is 29.8 Å². The fourth-order valence-corrected chi connectivity index (χ4v) is 2.03. The number of hydrogen-bond acceptors (Lipinski definition) is 5. The van der Waals surface area contributed by atoms with Crippen molar-refractivity contribution in [3.63, 3.8) is 0 Å². The second kappa shape index (κ2) is 8.01. The van der Waals surface area contributed by atoms with Gasteiger partial charge < -0.3 is 14.4 Å². The van der Waals surface area contributed by atoms with Crippen LogP contribution in [-0.2, 0) is 0 Å². The number of nitrogens with one attached hydrogen (secondary N) is 1. The van der Waals surface area contributed by atoms with Gasteiger partial charge in [-0.25, -0.2) is 5.43 Å². The molecule has 0 aromatic heterocycles. The zero-order valence-corrected chi connectivity index (χ0v) is 14.2. The van der Waals surface area contributed by atoms with Crippen molar-refractivity contribution >= 4 is 17.8 Å². The van der Waals surface area contributed by atoms with Gasteiger partial charge in [0.25, 0.3) is 5.91 Å². The normalized spacial score (nSPS) is 10.5. The highest BCUT2D eigenvalue weighted by Crippen LogP contribution is 2.22. The predicted molar refractivity (Wildman–Crippen MR) is 95.4 cm³/mol. The van der Waals surface area contributed by atoms with Crippen molar-refractivity contribution < 1.29 is 14.3 Å². The van der Waals surface area contributed by atoms with Crippen molar-refractivity contribution in [2.24, 2.45) is 5.10 Å². The van der Waals surface area contributed by atoms with Gasteiger partial charge >= 0.3 is 0 Å². The van der Waals surface area contributed by atoms with Crippen molar-refractivity contribution in [1.82, 2.24) is 5.43 Å². The van der Waals surface area contributed by atoms with E-state index in [2.05, 4.69) is 10.5 Å². The Morgan fingerprint density at radius 3 is 2.12 bits per heavy atom. The van der Waals surface area contributed by atoms with E-state index in [1.165, 1.54) is 14.2 Å². The van der Waals surface area contributed by atoms with Crippen LogP contribution in [0.25, 0.3) is 0 Å². The minimum absolute atomic E-state index is 0.339. The van der Waals surface area contributed by atoms with E-state index in [1.54, 1.807) is 24.4 Å². The summed E-state index contributed by atoms with van der Waals surface area (Å²) in [5.41, 5.74) is 4.89. The Morgan fingerprint density at radius 1 is 1.04 bits per heavy atom. The van der Waals surface area contributed by atoms with Gasteiger partial charge in [0.05, 0.1) is 20.4 Å². The summed E-state index contributed by atoms with van der Waals surface area (Å²) in [7, 11) is 7.02. The van der Waals surface area contributed by atoms with Gasteiger partial charge in [0.1, 0.15) is 11.5 Å². The fourth-order valence-electron chi connectivity index (χ4n) is 2.03. The summed E-state index contributed by atoms with van der Waals surface area (Å²) >= 11 is 0. The number of ether oxygens (including phenoxy) is 2. The van der Waals surface area contributed by atoms with Crippen molar-refractivity contribution in [1.29, 1.82) is 0 Å². The maximum Gasteiger partial charge on any atom is 0.271 e. The van der Waals surface area contributed by atoms with Gasteiger partial charge in [-0.15, -0.1) is 0 Å². The Balaban J connectivity index is 2.04. The number of carbonyl (C=O) groups excluding carboxylic acids is 1. The number of carbonyl (C=O) groups is 1. The second-order valence-electron chi connectivity index (χ2n) is 5.29. The van der Waals surface area contributed by atoms with Gasteiger partial charge in [-0.2, -0.15) is 5.10 Å². The van der Waals surface area contributed by atoms with Crippen LogP contribution in [0, 0.1) is 0 Å². The number of methoxy groups -OCH3 is 2. The molecule has 0 aliphatic heterocycles. The molecule has 0 unspecified atom stereocenters. The molecule has 1 amide bonds. The lowest BCUT2D eigenvalue weighted by Gasteiger charge is -2.11. The van der Waals surface area contributed by atoms with Crippen LogP contribution in [0.3, 0.4) is 0 Å². The molecule has 2 rings (SSSR count). The third-order valence-corrected chi connectivity index (χ3v) is 3.40. The molecule has 0 atom stereocenters. The number of nitrogens with zero attached hydrogens (tertiary/aromatic N) is 2. The smallest absolute Gasteiger partial charge is 0.271 e. The molecule has 0 bridgehead atoms. The number of rotatable bonds is 6. The number of anilines is 1. The summed E-state index contributed by atoms with van der Waals surface area (Å²) < 4.78 is 10.3. The van der Waals surface area contributed by atoms with Crippen LogP contribution in [0.15, 0.2) is 47.6 Å². The van der Waals surface area contributed by atoms with Gasteiger partial charge in [0.2, 0.25) is 0 Å². The van der Waals surface area contributed by atoms with Gasteiger partial charge in [0, 0.05) is 31.4 Å². The average molecular weight is 327 g/mol. The molecule has 2 aromatic rings. The monoisotopic (exact) mass is 327 g/mol. The second-order valence-corrected chi connectivity index (χ2v) is 5.29. The minimum Gasteiger partial charge on any atom is -0.497 e. The Bertz CT molecular complexity index is 703.